The summed E-state index contributed by atoms with van der Waals surface area (Å²) >= 11 is 1.68. The second-order valence-corrected chi connectivity index (χ2v) is 7.41. The lowest BCUT2D eigenvalue weighted by Crippen LogP contribution is -2.36. The lowest BCUT2D eigenvalue weighted by Gasteiger charge is -2.27. The number of rotatable bonds is 3. The zero-order valence-electron chi connectivity index (χ0n) is 13.8. The van der Waals surface area contributed by atoms with Gasteiger partial charge in [-0.2, -0.15) is 0 Å². The number of aromatic amines is 1. The Morgan fingerprint density at radius 3 is 2.96 bits per heavy atom. The summed E-state index contributed by atoms with van der Waals surface area (Å²) in [5, 5.41) is 3.17. The summed E-state index contributed by atoms with van der Waals surface area (Å²) in [5.74, 6) is 0.683. The fourth-order valence-corrected chi connectivity index (χ4v) is 4.12. The van der Waals surface area contributed by atoms with Gasteiger partial charge in [0, 0.05) is 37.1 Å². The molecule has 7 heteroatoms. The van der Waals surface area contributed by atoms with Crippen molar-refractivity contribution in [3.8, 4) is 0 Å². The van der Waals surface area contributed by atoms with E-state index < -0.39 is 0 Å². The van der Waals surface area contributed by atoms with Crippen LogP contribution in [0.3, 0.4) is 0 Å². The van der Waals surface area contributed by atoms with Crippen LogP contribution in [0.25, 0.3) is 0 Å². The highest BCUT2D eigenvalue weighted by Gasteiger charge is 2.23. The van der Waals surface area contributed by atoms with Crippen molar-refractivity contribution in [3.05, 3.63) is 43.5 Å². The molecular formula is C17H21N5OS. The molecule has 0 saturated carbocycles. The van der Waals surface area contributed by atoms with E-state index in [9.17, 15) is 4.79 Å². The fourth-order valence-electron chi connectivity index (χ4n) is 3.31. The van der Waals surface area contributed by atoms with Gasteiger partial charge in [0.25, 0.3) is 5.56 Å². The Balaban J connectivity index is 1.56. The molecule has 4 rings (SSSR count). The van der Waals surface area contributed by atoms with E-state index >= 15 is 0 Å². The van der Waals surface area contributed by atoms with Gasteiger partial charge in [-0.3, -0.25) is 14.7 Å². The lowest BCUT2D eigenvalue weighted by atomic mass is 10.1. The summed E-state index contributed by atoms with van der Waals surface area (Å²) < 4.78 is 0. The van der Waals surface area contributed by atoms with Gasteiger partial charge in [-0.15, -0.1) is 11.3 Å². The van der Waals surface area contributed by atoms with Gasteiger partial charge in [0.2, 0.25) is 0 Å². The van der Waals surface area contributed by atoms with Crippen LogP contribution in [0.5, 0.6) is 0 Å². The van der Waals surface area contributed by atoms with Crippen molar-refractivity contribution >= 4 is 17.0 Å². The molecule has 0 aliphatic carbocycles. The topological polar surface area (TPSA) is 74.2 Å². The van der Waals surface area contributed by atoms with Crippen LogP contribution in [0.15, 0.2) is 15.2 Å². The first-order valence-electron chi connectivity index (χ1n) is 8.48. The van der Waals surface area contributed by atoms with E-state index in [0.717, 1.165) is 73.0 Å². The molecule has 6 nitrogen and oxygen atoms in total. The maximum Gasteiger partial charge on any atom is 0.255 e. The van der Waals surface area contributed by atoms with E-state index in [1.807, 2.05) is 6.92 Å². The number of hydrogen-bond donors (Lipinski definition) is 1. The molecule has 0 aromatic carbocycles. The van der Waals surface area contributed by atoms with Crippen molar-refractivity contribution in [1.82, 2.24) is 19.9 Å². The third-order valence-corrected chi connectivity index (χ3v) is 5.52. The maximum atomic E-state index is 12.5. The average Bonchev–Trinajstić information content (AvgIpc) is 3.01. The number of fused-ring (bicyclic) bond motifs is 1. The molecule has 0 saturated heterocycles. The standard InChI is InChI=1S/C17H21N5OS/c1-11-10-24-15(19-11)9-22-7-5-13-12(8-22)17(23)21-16(20-13)14-4-2-3-6-18-14/h10H,2-9H2,1H3,(H,20,21,23). The Kier molecular flexibility index (Phi) is 4.28. The van der Waals surface area contributed by atoms with Gasteiger partial charge in [0.15, 0.2) is 5.82 Å². The third-order valence-electron chi connectivity index (χ3n) is 4.57. The fraction of sp³-hybridized carbons (Fsp3) is 0.529. The monoisotopic (exact) mass is 343 g/mol. The number of aromatic nitrogens is 3. The molecule has 2 aliphatic rings. The van der Waals surface area contributed by atoms with Crippen molar-refractivity contribution < 1.29 is 0 Å². The van der Waals surface area contributed by atoms with Crippen LogP contribution in [0, 0.1) is 6.92 Å². The van der Waals surface area contributed by atoms with Crippen molar-refractivity contribution in [3.63, 3.8) is 0 Å². The molecular weight excluding hydrogens is 322 g/mol. The van der Waals surface area contributed by atoms with Crippen LogP contribution in [0.1, 0.15) is 47.0 Å². The number of nitrogens with zero attached hydrogens (tertiary/aromatic N) is 4. The first-order chi connectivity index (χ1) is 11.7. The Hall–Kier alpha value is -1.86. The Morgan fingerprint density at radius 1 is 1.29 bits per heavy atom. The first kappa shape index (κ1) is 15.7. The van der Waals surface area contributed by atoms with E-state index in [-0.39, 0.29) is 5.56 Å². The highest BCUT2D eigenvalue weighted by Crippen LogP contribution is 2.19. The van der Waals surface area contributed by atoms with Gasteiger partial charge < -0.3 is 4.98 Å². The van der Waals surface area contributed by atoms with Crippen LogP contribution >= 0.6 is 11.3 Å². The Morgan fingerprint density at radius 2 is 2.21 bits per heavy atom. The average molecular weight is 343 g/mol. The van der Waals surface area contributed by atoms with Crippen molar-refractivity contribution in [2.45, 2.75) is 45.7 Å². The van der Waals surface area contributed by atoms with Crippen molar-refractivity contribution in [2.75, 3.05) is 13.1 Å². The van der Waals surface area contributed by atoms with Gasteiger partial charge in [0.05, 0.1) is 23.5 Å². The molecule has 1 N–H and O–H groups in total. The van der Waals surface area contributed by atoms with Gasteiger partial charge in [-0.1, -0.05) is 0 Å². The number of aryl methyl sites for hydroxylation is 1. The molecule has 0 bridgehead atoms. The summed E-state index contributed by atoms with van der Waals surface area (Å²) in [7, 11) is 0. The summed E-state index contributed by atoms with van der Waals surface area (Å²) in [5.41, 5.74) is 3.75. The number of thiazole rings is 1. The minimum atomic E-state index is -0.0108. The van der Waals surface area contributed by atoms with Crippen LogP contribution in [0.4, 0.5) is 0 Å². The first-order valence-corrected chi connectivity index (χ1v) is 9.36. The largest absolute Gasteiger partial charge is 0.305 e. The van der Waals surface area contributed by atoms with E-state index in [1.54, 1.807) is 11.3 Å². The molecule has 4 heterocycles. The predicted octanol–water partition coefficient (Wildman–Crippen LogP) is 2.07. The van der Waals surface area contributed by atoms with E-state index in [4.69, 9.17) is 4.98 Å². The summed E-state index contributed by atoms with van der Waals surface area (Å²) in [4.78, 5) is 31.5. The molecule has 24 heavy (non-hydrogen) atoms. The van der Waals surface area contributed by atoms with Crippen LogP contribution in [0.2, 0.25) is 0 Å². The summed E-state index contributed by atoms with van der Waals surface area (Å²) in [6, 6.07) is 0. The predicted molar refractivity (Wildman–Crippen MR) is 94.8 cm³/mol. The summed E-state index contributed by atoms with van der Waals surface area (Å²) in [6.45, 7) is 5.20. The number of nitrogens with one attached hydrogen (secondary N) is 1. The zero-order valence-corrected chi connectivity index (χ0v) is 14.7. The number of H-pyrrole nitrogens is 1. The maximum absolute atomic E-state index is 12.5. The second-order valence-electron chi connectivity index (χ2n) is 6.47. The van der Waals surface area contributed by atoms with Crippen molar-refractivity contribution in [1.29, 1.82) is 0 Å². The van der Waals surface area contributed by atoms with Gasteiger partial charge in [0.1, 0.15) is 5.01 Å². The lowest BCUT2D eigenvalue weighted by molar-refractivity contribution is 0.241. The second kappa shape index (κ2) is 6.57. The quantitative estimate of drug-likeness (QED) is 0.926. The molecule has 0 spiro atoms. The summed E-state index contributed by atoms with van der Waals surface area (Å²) in [6.07, 6.45) is 3.98. The van der Waals surface area contributed by atoms with Gasteiger partial charge >= 0.3 is 0 Å². The van der Waals surface area contributed by atoms with Crippen LogP contribution in [-0.4, -0.2) is 38.7 Å². The minimum Gasteiger partial charge on any atom is -0.305 e. The third kappa shape index (κ3) is 3.18. The normalized spacial score (nSPS) is 18.3. The molecule has 126 valence electrons. The molecule has 0 amide bonds. The molecule has 2 aliphatic heterocycles. The van der Waals surface area contributed by atoms with E-state index in [1.165, 1.54) is 0 Å². The van der Waals surface area contributed by atoms with E-state index in [0.29, 0.717) is 12.4 Å². The molecule has 0 fully saturated rings. The molecule has 0 unspecified atom stereocenters. The minimum absolute atomic E-state index is 0.0108. The van der Waals surface area contributed by atoms with Crippen molar-refractivity contribution in [2.24, 2.45) is 4.99 Å². The smallest absolute Gasteiger partial charge is 0.255 e. The SMILES string of the molecule is Cc1csc(CN2CCc3nc(C4=NCCCC4)[nH]c(=O)c3C2)n1. The Bertz CT molecular complexity index is 838. The van der Waals surface area contributed by atoms with Crippen LogP contribution in [-0.2, 0) is 19.5 Å². The molecule has 2 aromatic heterocycles. The zero-order chi connectivity index (χ0) is 16.5. The molecule has 0 atom stereocenters. The van der Waals surface area contributed by atoms with Gasteiger partial charge in [-0.25, -0.2) is 9.97 Å². The van der Waals surface area contributed by atoms with E-state index in [2.05, 4.69) is 25.2 Å². The number of hydrogen-bond acceptors (Lipinski definition) is 6. The number of aliphatic imine (C=N–C) groups is 1. The molecule has 2 aromatic rings. The molecule has 0 radical (unpaired) electrons. The Labute approximate surface area is 144 Å². The van der Waals surface area contributed by atoms with Crippen LogP contribution < -0.4 is 5.56 Å². The highest BCUT2D eigenvalue weighted by molar-refractivity contribution is 7.09. The van der Waals surface area contributed by atoms with Gasteiger partial charge in [-0.05, 0) is 26.2 Å². The highest BCUT2D eigenvalue weighted by atomic mass is 32.1.